The predicted octanol–water partition coefficient (Wildman–Crippen LogP) is 1.01. The average molecular weight is 318 g/mol. The lowest BCUT2D eigenvalue weighted by Gasteiger charge is -2.24. The van der Waals surface area contributed by atoms with Crippen molar-refractivity contribution in [2.24, 2.45) is 11.3 Å². The van der Waals surface area contributed by atoms with E-state index in [-0.39, 0.29) is 23.0 Å². The summed E-state index contributed by atoms with van der Waals surface area (Å²) in [6.45, 7) is 6.07. The van der Waals surface area contributed by atoms with Gasteiger partial charge in [-0.25, -0.2) is 0 Å². The molecule has 0 bridgehead atoms. The van der Waals surface area contributed by atoms with Crippen LogP contribution < -0.4 is 0 Å². The van der Waals surface area contributed by atoms with Crippen molar-refractivity contribution < 1.29 is 18.6 Å². The summed E-state index contributed by atoms with van der Waals surface area (Å²) in [5.41, 5.74) is 0.538. The first-order valence-electron chi connectivity index (χ1n) is 7.65. The van der Waals surface area contributed by atoms with E-state index in [0.29, 0.717) is 50.1 Å². The smallest absolute Gasteiger partial charge is 0.292 e. The third-order valence-electron chi connectivity index (χ3n) is 4.72. The Morgan fingerprint density at radius 1 is 1.39 bits per heavy atom. The Labute approximate surface area is 132 Å². The number of aryl methyl sites for hydroxylation is 2. The first-order chi connectivity index (χ1) is 11.1. The Morgan fingerprint density at radius 3 is 2.96 bits per heavy atom. The fraction of sp³-hybridized carbons (Fsp3) is 0.600. The highest BCUT2D eigenvalue weighted by Crippen LogP contribution is 2.44. The molecule has 0 N–H and O–H groups in total. The van der Waals surface area contributed by atoms with E-state index >= 15 is 0 Å². The van der Waals surface area contributed by atoms with Gasteiger partial charge in [-0.15, -0.1) is 0 Å². The first kappa shape index (κ1) is 14.4. The largest absolute Gasteiger partial charge is 0.380 e. The van der Waals surface area contributed by atoms with E-state index in [1.165, 1.54) is 0 Å². The van der Waals surface area contributed by atoms with Gasteiger partial charge in [-0.05, 0) is 13.8 Å². The van der Waals surface area contributed by atoms with Gasteiger partial charge in [0.05, 0.1) is 18.9 Å². The van der Waals surface area contributed by atoms with Gasteiger partial charge in [0.2, 0.25) is 11.7 Å². The molecule has 23 heavy (non-hydrogen) atoms. The van der Waals surface area contributed by atoms with E-state index in [1.54, 1.807) is 19.9 Å². The number of amides is 1. The first-order valence-corrected chi connectivity index (χ1v) is 7.65. The summed E-state index contributed by atoms with van der Waals surface area (Å²) in [7, 11) is 0. The molecule has 4 rings (SSSR count). The molecule has 0 aromatic carbocycles. The zero-order chi connectivity index (χ0) is 16.0. The summed E-state index contributed by atoms with van der Waals surface area (Å²) in [6, 6.07) is 1.67. The molecular weight excluding hydrogens is 300 g/mol. The fourth-order valence-electron chi connectivity index (χ4n) is 3.57. The number of carbonyl (C=O) groups is 1. The van der Waals surface area contributed by atoms with Gasteiger partial charge in [0.1, 0.15) is 0 Å². The maximum atomic E-state index is 12.6. The lowest BCUT2D eigenvalue weighted by Crippen LogP contribution is -2.35. The third-order valence-corrected chi connectivity index (χ3v) is 4.72. The Bertz CT molecular complexity index is 739. The van der Waals surface area contributed by atoms with Crippen LogP contribution in [0.5, 0.6) is 0 Å². The van der Waals surface area contributed by atoms with Crippen LogP contribution in [0.2, 0.25) is 0 Å². The molecule has 1 amide bonds. The van der Waals surface area contributed by atoms with E-state index in [0.717, 1.165) is 0 Å². The second-order valence-electron chi connectivity index (χ2n) is 6.50. The number of nitrogens with zero attached hydrogens (tertiary/aromatic N) is 4. The molecule has 0 radical (unpaired) electrons. The minimum atomic E-state index is -0.163. The van der Waals surface area contributed by atoms with Crippen LogP contribution in [-0.2, 0) is 11.2 Å². The average Bonchev–Trinajstić information content (AvgIpc) is 3.23. The number of ether oxygens (including phenoxy) is 1. The minimum absolute atomic E-state index is 0.124. The standard InChI is InChI=1S/C15H18N4O4/c1-9-3-12(22-17-9)14(20)19-5-11-6-21-8-15(11,7-19)4-13-16-10(2)18-23-13/h3,11H,4-8H2,1-2H3/t11-,15+/m1/s1. The van der Waals surface area contributed by atoms with Crippen LogP contribution in [0.1, 0.15) is 28.0 Å². The number of fused-ring (bicyclic) bond motifs is 1. The lowest BCUT2D eigenvalue weighted by molar-refractivity contribution is 0.0674. The van der Waals surface area contributed by atoms with E-state index in [2.05, 4.69) is 15.3 Å². The third kappa shape index (κ3) is 2.42. The molecule has 8 heteroatoms. The lowest BCUT2D eigenvalue weighted by atomic mass is 9.78. The van der Waals surface area contributed by atoms with Crippen molar-refractivity contribution in [3.63, 3.8) is 0 Å². The molecule has 4 heterocycles. The molecule has 122 valence electrons. The Hall–Kier alpha value is -2.22. The van der Waals surface area contributed by atoms with Crippen LogP contribution in [0.15, 0.2) is 15.1 Å². The van der Waals surface area contributed by atoms with Crippen molar-refractivity contribution in [2.45, 2.75) is 20.3 Å². The molecule has 8 nitrogen and oxygen atoms in total. The number of aromatic nitrogens is 3. The van der Waals surface area contributed by atoms with E-state index in [4.69, 9.17) is 13.8 Å². The summed E-state index contributed by atoms with van der Waals surface area (Å²) in [5, 5.41) is 7.63. The summed E-state index contributed by atoms with van der Waals surface area (Å²) >= 11 is 0. The van der Waals surface area contributed by atoms with Crippen molar-refractivity contribution in [2.75, 3.05) is 26.3 Å². The molecule has 0 saturated carbocycles. The van der Waals surface area contributed by atoms with Crippen molar-refractivity contribution in [3.05, 3.63) is 29.2 Å². The van der Waals surface area contributed by atoms with Crippen LogP contribution in [0, 0.1) is 25.2 Å². The minimum Gasteiger partial charge on any atom is -0.380 e. The van der Waals surface area contributed by atoms with E-state index in [9.17, 15) is 4.79 Å². The molecule has 2 aliphatic heterocycles. The van der Waals surface area contributed by atoms with Gasteiger partial charge in [0.25, 0.3) is 5.91 Å². The Kier molecular flexibility index (Phi) is 3.22. The topological polar surface area (TPSA) is 94.5 Å². The number of likely N-dealkylation sites (tertiary alicyclic amines) is 1. The predicted molar refractivity (Wildman–Crippen MR) is 76.6 cm³/mol. The maximum absolute atomic E-state index is 12.6. The van der Waals surface area contributed by atoms with Crippen LogP contribution in [0.4, 0.5) is 0 Å². The van der Waals surface area contributed by atoms with Crippen molar-refractivity contribution in [3.8, 4) is 0 Å². The van der Waals surface area contributed by atoms with Crippen LogP contribution in [0.3, 0.4) is 0 Å². The Morgan fingerprint density at radius 2 is 2.26 bits per heavy atom. The monoisotopic (exact) mass is 318 g/mol. The molecule has 2 saturated heterocycles. The van der Waals surface area contributed by atoms with Gasteiger partial charge in [0, 0.05) is 36.9 Å². The normalized spacial score (nSPS) is 26.7. The van der Waals surface area contributed by atoms with Gasteiger partial charge in [-0.2, -0.15) is 4.98 Å². The maximum Gasteiger partial charge on any atom is 0.292 e. The highest BCUT2D eigenvalue weighted by molar-refractivity contribution is 5.91. The molecule has 2 atom stereocenters. The molecule has 2 aromatic rings. The second-order valence-corrected chi connectivity index (χ2v) is 6.50. The SMILES string of the molecule is Cc1cc(C(=O)N2C[C@@H]3COC[C@]3(Cc3nc(C)no3)C2)on1. The zero-order valence-electron chi connectivity index (χ0n) is 13.1. The van der Waals surface area contributed by atoms with Gasteiger partial charge < -0.3 is 18.7 Å². The number of hydrogen-bond acceptors (Lipinski definition) is 7. The molecule has 2 fully saturated rings. The Balaban J connectivity index is 1.55. The van der Waals surface area contributed by atoms with E-state index in [1.807, 2.05) is 4.90 Å². The van der Waals surface area contributed by atoms with Crippen LogP contribution >= 0.6 is 0 Å². The van der Waals surface area contributed by atoms with Crippen molar-refractivity contribution in [1.82, 2.24) is 20.2 Å². The number of carbonyl (C=O) groups excluding carboxylic acids is 1. The molecule has 0 unspecified atom stereocenters. The van der Waals surface area contributed by atoms with Gasteiger partial charge in [-0.3, -0.25) is 4.79 Å². The molecule has 0 spiro atoms. The summed E-state index contributed by atoms with van der Waals surface area (Å²) in [6.07, 6.45) is 0.623. The molecule has 0 aliphatic carbocycles. The quantitative estimate of drug-likeness (QED) is 0.833. The summed E-state index contributed by atoms with van der Waals surface area (Å²) < 4.78 is 16.0. The van der Waals surface area contributed by atoms with Gasteiger partial charge in [0.15, 0.2) is 5.82 Å². The molecule has 2 aliphatic rings. The second kappa shape index (κ2) is 5.16. The molecule has 2 aromatic heterocycles. The van der Waals surface area contributed by atoms with Gasteiger partial charge in [-0.1, -0.05) is 10.3 Å². The summed E-state index contributed by atoms with van der Waals surface area (Å²) in [5.74, 6) is 1.65. The van der Waals surface area contributed by atoms with E-state index < -0.39 is 0 Å². The van der Waals surface area contributed by atoms with Crippen molar-refractivity contribution in [1.29, 1.82) is 0 Å². The zero-order valence-corrected chi connectivity index (χ0v) is 13.1. The highest BCUT2D eigenvalue weighted by atomic mass is 16.5. The number of rotatable bonds is 3. The van der Waals surface area contributed by atoms with Crippen LogP contribution in [0.25, 0.3) is 0 Å². The fourth-order valence-corrected chi connectivity index (χ4v) is 3.57. The van der Waals surface area contributed by atoms with Crippen LogP contribution in [-0.4, -0.2) is 52.4 Å². The summed E-state index contributed by atoms with van der Waals surface area (Å²) in [4.78, 5) is 18.7. The van der Waals surface area contributed by atoms with Gasteiger partial charge >= 0.3 is 0 Å². The van der Waals surface area contributed by atoms with Crippen molar-refractivity contribution >= 4 is 5.91 Å². The highest BCUT2D eigenvalue weighted by Gasteiger charge is 2.53. The number of hydrogen-bond donors (Lipinski definition) is 0. The molecular formula is C15H18N4O4.